The van der Waals surface area contributed by atoms with E-state index >= 15 is 0 Å². The Kier molecular flexibility index (Phi) is 3.89. The largest absolute Gasteiger partial charge is 0.472 e. The molecule has 0 spiro atoms. The Morgan fingerprint density at radius 2 is 2.04 bits per heavy atom. The van der Waals surface area contributed by atoms with Gasteiger partial charge in [0, 0.05) is 22.3 Å². The molecule has 1 aromatic carbocycles. The van der Waals surface area contributed by atoms with Crippen molar-refractivity contribution in [3.05, 3.63) is 54.1 Å². The molecule has 6 nitrogen and oxygen atoms in total. The van der Waals surface area contributed by atoms with Crippen LogP contribution in [0.1, 0.15) is 23.0 Å². The van der Waals surface area contributed by atoms with Crippen molar-refractivity contribution < 1.29 is 14.0 Å². The number of H-pyrrole nitrogens is 1. The molecule has 3 aromatic rings. The van der Waals surface area contributed by atoms with E-state index in [1.54, 1.807) is 13.0 Å². The molecule has 0 aliphatic carbocycles. The quantitative estimate of drug-likeness (QED) is 0.692. The smallest absolute Gasteiger partial charge is 0.255 e. The number of fused-ring (bicyclic) bond motifs is 1. The highest BCUT2D eigenvalue weighted by molar-refractivity contribution is 6.01. The van der Waals surface area contributed by atoms with Crippen LogP contribution in [-0.4, -0.2) is 22.8 Å². The van der Waals surface area contributed by atoms with E-state index in [1.165, 1.54) is 12.5 Å². The molecule has 2 heterocycles. The van der Waals surface area contributed by atoms with Crippen LogP contribution in [0.5, 0.6) is 0 Å². The third-order valence-corrected chi connectivity index (χ3v) is 3.55. The molecule has 2 aromatic heterocycles. The Labute approximate surface area is 132 Å². The zero-order valence-corrected chi connectivity index (χ0v) is 12.8. The molecule has 0 unspecified atom stereocenters. The van der Waals surface area contributed by atoms with Gasteiger partial charge in [-0.3, -0.25) is 9.59 Å². The van der Waals surface area contributed by atoms with Gasteiger partial charge in [0.1, 0.15) is 12.3 Å². The van der Waals surface area contributed by atoms with Crippen LogP contribution in [0.4, 0.5) is 5.69 Å². The number of hydrogen-bond acceptors (Lipinski definition) is 3. The number of rotatable bonds is 4. The first-order valence-corrected chi connectivity index (χ1v) is 7.26. The highest BCUT2D eigenvalue weighted by Crippen LogP contribution is 2.19. The van der Waals surface area contributed by atoms with Crippen LogP contribution < -0.4 is 10.6 Å². The normalized spacial score (nSPS) is 12.1. The summed E-state index contributed by atoms with van der Waals surface area (Å²) >= 11 is 0. The monoisotopic (exact) mass is 311 g/mol. The summed E-state index contributed by atoms with van der Waals surface area (Å²) in [6.45, 7) is 3.61. The predicted octanol–water partition coefficient (Wildman–Crippen LogP) is 2.83. The molecule has 0 aliphatic heterocycles. The molecular formula is C17H17N3O3. The van der Waals surface area contributed by atoms with Crippen LogP contribution in [0.25, 0.3) is 10.9 Å². The zero-order chi connectivity index (χ0) is 16.4. The molecule has 23 heavy (non-hydrogen) atoms. The number of aromatic amines is 1. The minimum absolute atomic E-state index is 0.284. The Morgan fingerprint density at radius 1 is 1.22 bits per heavy atom. The summed E-state index contributed by atoms with van der Waals surface area (Å²) in [6, 6.07) is 8.51. The van der Waals surface area contributed by atoms with E-state index in [-0.39, 0.29) is 11.8 Å². The van der Waals surface area contributed by atoms with Crippen LogP contribution in [0.3, 0.4) is 0 Å². The summed E-state index contributed by atoms with van der Waals surface area (Å²) in [5.74, 6) is -0.633. The average molecular weight is 311 g/mol. The van der Waals surface area contributed by atoms with E-state index in [9.17, 15) is 9.59 Å². The molecule has 1 atom stereocenters. The van der Waals surface area contributed by atoms with Gasteiger partial charge in [0.2, 0.25) is 5.91 Å². The Balaban J connectivity index is 1.66. The Morgan fingerprint density at radius 3 is 2.78 bits per heavy atom. The molecule has 3 N–H and O–H groups in total. The van der Waals surface area contributed by atoms with Crippen LogP contribution in [0.15, 0.2) is 47.3 Å². The van der Waals surface area contributed by atoms with Gasteiger partial charge in [0.05, 0.1) is 11.8 Å². The molecule has 118 valence electrons. The lowest BCUT2D eigenvalue weighted by molar-refractivity contribution is -0.117. The highest BCUT2D eigenvalue weighted by atomic mass is 16.3. The van der Waals surface area contributed by atoms with Crippen LogP contribution in [0.2, 0.25) is 0 Å². The van der Waals surface area contributed by atoms with E-state index in [1.807, 2.05) is 31.2 Å². The number of carbonyl (C=O) groups excluding carboxylic acids is 2. The second-order valence-corrected chi connectivity index (χ2v) is 5.45. The third kappa shape index (κ3) is 3.26. The number of amides is 2. The van der Waals surface area contributed by atoms with Crippen molar-refractivity contribution in [2.75, 3.05) is 5.32 Å². The second kappa shape index (κ2) is 6.00. The minimum Gasteiger partial charge on any atom is -0.472 e. The fourth-order valence-corrected chi connectivity index (χ4v) is 2.35. The number of furan rings is 1. The van der Waals surface area contributed by atoms with Crippen molar-refractivity contribution in [3.8, 4) is 0 Å². The van der Waals surface area contributed by atoms with Crippen LogP contribution >= 0.6 is 0 Å². The molecule has 2 amide bonds. The van der Waals surface area contributed by atoms with E-state index in [4.69, 9.17) is 4.42 Å². The highest BCUT2D eigenvalue weighted by Gasteiger charge is 2.17. The Hall–Kier alpha value is -3.02. The number of aromatic nitrogens is 1. The summed E-state index contributed by atoms with van der Waals surface area (Å²) in [4.78, 5) is 27.3. The van der Waals surface area contributed by atoms with E-state index < -0.39 is 6.04 Å². The maximum Gasteiger partial charge on any atom is 0.255 e. The molecule has 0 saturated carbocycles. The number of aryl methyl sites for hydroxylation is 1. The molecule has 0 aliphatic rings. The van der Waals surface area contributed by atoms with E-state index in [0.717, 1.165) is 16.6 Å². The molecule has 6 heteroatoms. The molecule has 3 rings (SSSR count). The van der Waals surface area contributed by atoms with Crippen molar-refractivity contribution in [2.45, 2.75) is 19.9 Å². The average Bonchev–Trinajstić information content (AvgIpc) is 3.14. The van der Waals surface area contributed by atoms with Crippen LogP contribution in [0, 0.1) is 6.92 Å². The van der Waals surface area contributed by atoms with Gasteiger partial charge in [0.15, 0.2) is 0 Å². The van der Waals surface area contributed by atoms with E-state index in [0.29, 0.717) is 11.3 Å². The fourth-order valence-electron chi connectivity index (χ4n) is 2.35. The first-order valence-electron chi connectivity index (χ1n) is 7.26. The zero-order valence-electron chi connectivity index (χ0n) is 12.8. The Bertz CT molecular complexity index is 849. The number of benzene rings is 1. The van der Waals surface area contributed by atoms with Gasteiger partial charge in [0.25, 0.3) is 5.91 Å². The van der Waals surface area contributed by atoms with Gasteiger partial charge in [-0.2, -0.15) is 0 Å². The summed E-state index contributed by atoms with van der Waals surface area (Å²) in [5, 5.41) is 6.45. The third-order valence-electron chi connectivity index (χ3n) is 3.55. The predicted molar refractivity (Wildman–Crippen MR) is 87.3 cm³/mol. The lowest BCUT2D eigenvalue weighted by Crippen LogP contribution is -2.41. The van der Waals surface area contributed by atoms with Crippen molar-refractivity contribution in [3.63, 3.8) is 0 Å². The SMILES string of the molecule is Cc1cc2cc(NC(=O)[C@H](C)NC(=O)c3ccoc3)ccc2[nH]1. The van der Waals surface area contributed by atoms with Crippen molar-refractivity contribution >= 4 is 28.4 Å². The molecule has 0 saturated heterocycles. The fraction of sp³-hybridized carbons (Fsp3) is 0.176. The number of nitrogens with one attached hydrogen (secondary N) is 3. The first-order chi connectivity index (χ1) is 11.0. The topological polar surface area (TPSA) is 87.1 Å². The van der Waals surface area contributed by atoms with Crippen molar-refractivity contribution in [2.24, 2.45) is 0 Å². The number of anilines is 1. The maximum absolute atomic E-state index is 12.2. The summed E-state index contributed by atoms with van der Waals surface area (Å²) in [6.07, 6.45) is 2.75. The van der Waals surface area contributed by atoms with Crippen molar-refractivity contribution in [1.29, 1.82) is 0 Å². The second-order valence-electron chi connectivity index (χ2n) is 5.45. The molecule has 0 fully saturated rings. The molecule has 0 radical (unpaired) electrons. The lowest BCUT2D eigenvalue weighted by atomic mass is 10.2. The number of carbonyl (C=O) groups is 2. The lowest BCUT2D eigenvalue weighted by Gasteiger charge is -2.13. The molecule has 0 bridgehead atoms. The van der Waals surface area contributed by atoms with Gasteiger partial charge in [-0.25, -0.2) is 0 Å². The van der Waals surface area contributed by atoms with Gasteiger partial charge in [-0.1, -0.05) is 0 Å². The van der Waals surface area contributed by atoms with Gasteiger partial charge in [-0.15, -0.1) is 0 Å². The minimum atomic E-state index is -0.666. The van der Waals surface area contributed by atoms with Crippen molar-refractivity contribution in [1.82, 2.24) is 10.3 Å². The van der Waals surface area contributed by atoms with E-state index in [2.05, 4.69) is 15.6 Å². The van der Waals surface area contributed by atoms with Gasteiger partial charge in [-0.05, 0) is 44.2 Å². The summed E-state index contributed by atoms with van der Waals surface area (Å²) in [7, 11) is 0. The molecular weight excluding hydrogens is 294 g/mol. The maximum atomic E-state index is 12.2. The van der Waals surface area contributed by atoms with Crippen LogP contribution in [-0.2, 0) is 4.79 Å². The standard InChI is InChI=1S/C17H17N3O3/c1-10-7-13-8-14(3-4-15(13)18-10)20-16(21)11(2)19-17(22)12-5-6-23-9-12/h3-9,11,18H,1-2H3,(H,19,22)(H,20,21)/t11-/m0/s1. The number of hydrogen-bond donors (Lipinski definition) is 3. The summed E-state index contributed by atoms with van der Waals surface area (Å²) in [5.41, 5.74) is 3.14. The van der Waals surface area contributed by atoms with Gasteiger partial charge < -0.3 is 20.0 Å². The van der Waals surface area contributed by atoms with Gasteiger partial charge >= 0.3 is 0 Å². The first kappa shape index (κ1) is 14.9. The summed E-state index contributed by atoms with van der Waals surface area (Å²) < 4.78 is 4.85.